The van der Waals surface area contributed by atoms with Crippen LogP contribution in [0.3, 0.4) is 0 Å². The van der Waals surface area contributed by atoms with E-state index >= 15 is 0 Å². The molecule has 14 nitrogen and oxygen atoms in total. The van der Waals surface area contributed by atoms with Crippen LogP contribution in [0.5, 0.6) is 5.75 Å². The maximum Gasteiger partial charge on any atom is 0.259 e. The monoisotopic (exact) mass is 548 g/mol. The maximum absolute atomic E-state index is 12.7. The summed E-state index contributed by atoms with van der Waals surface area (Å²) in [4.78, 5) is 30.6. The molecule has 2 fully saturated rings. The molecule has 5 rings (SSSR count). The summed E-state index contributed by atoms with van der Waals surface area (Å²) >= 11 is 0. The molecule has 13 N–H and O–H groups in total. The second-order valence-corrected chi connectivity index (χ2v) is 10.5. The largest absolute Gasteiger partial charge is 0.507 e. The van der Waals surface area contributed by atoms with E-state index in [0.29, 0.717) is 68.0 Å². The number of phenolic OH excluding ortho intramolecular Hbond substituents is 1. The Labute approximate surface area is 231 Å². The average Bonchev–Trinajstić information content (AvgIpc) is 2.89. The van der Waals surface area contributed by atoms with Gasteiger partial charge in [-0.2, -0.15) is 15.0 Å². The summed E-state index contributed by atoms with van der Waals surface area (Å²) < 4.78 is 0. The van der Waals surface area contributed by atoms with Gasteiger partial charge < -0.3 is 54.2 Å². The van der Waals surface area contributed by atoms with Gasteiger partial charge in [0.2, 0.25) is 17.8 Å². The lowest BCUT2D eigenvalue weighted by Crippen LogP contribution is -2.54. The molecule has 2 aliphatic heterocycles. The number of aromatic hydroxyl groups is 1. The lowest BCUT2D eigenvalue weighted by atomic mass is 10.0. The van der Waals surface area contributed by atoms with Crippen LogP contribution in [-0.2, 0) is 0 Å². The number of hydrogen-bond donors (Lipinski definition) is 8. The molecule has 2 aromatic carbocycles. The summed E-state index contributed by atoms with van der Waals surface area (Å²) in [7, 11) is 0. The zero-order chi connectivity index (χ0) is 28.4. The first-order valence-electron chi connectivity index (χ1n) is 13.2. The van der Waals surface area contributed by atoms with Crippen LogP contribution in [0.4, 0.5) is 34.9 Å². The Kier molecular flexibility index (Phi) is 7.84. The van der Waals surface area contributed by atoms with Crippen molar-refractivity contribution in [3.63, 3.8) is 0 Å². The number of piperidine rings is 2. The first-order valence-corrected chi connectivity index (χ1v) is 13.2. The molecule has 14 heteroatoms. The Hall–Kier alpha value is -4.24. The fourth-order valence-corrected chi connectivity index (χ4v) is 5.07. The molecular weight excluding hydrogens is 512 g/mol. The number of phenols is 1. The molecular formula is C26H36N12O2. The van der Waals surface area contributed by atoms with E-state index in [1.54, 1.807) is 30.3 Å². The van der Waals surface area contributed by atoms with Crippen LogP contribution in [0, 0.1) is 0 Å². The Balaban J connectivity index is 1.40. The van der Waals surface area contributed by atoms with Gasteiger partial charge in [0.05, 0.1) is 5.56 Å². The summed E-state index contributed by atoms with van der Waals surface area (Å²) in [5, 5.41) is 16.5. The van der Waals surface area contributed by atoms with Crippen LogP contribution in [-0.4, -0.2) is 76.3 Å². The van der Waals surface area contributed by atoms with Crippen molar-refractivity contribution in [3.8, 4) is 5.75 Å². The molecule has 0 bridgehead atoms. The molecule has 0 spiro atoms. The molecule has 0 aliphatic carbocycles. The second-order valence-electron chi connectivity index (χ2n) is 10.5. The fourth-order valence-electron chi connectivity index (χ4n) is 5.07. The highest BCUT2D eigenvalue weighted by atomic mass is 16.3. The lowest BCUT2D eigenvalue weighted by molar-refractivity contribution is 0.102. The quantitative estimate of drug-likeness (QED) is 0.188. The van der Waals surface area contributed by atoms with Crippen LogP contribution >= 0.6 is 0 Å². The van der Waals surface area contributed by atoms with Crippen LogP contribution in [0.15, 0.2) is 42.5 Å². The third kappa shape index (κ3) is 6.48. The van der Waals surface area contributed by atoms with Gasteiger partial charge in [-0.1, -0.05) is 0 Å². The minimum Gasteiger partial charge on any atom is -0.507 e. The predicted molar refractivity (Wildman–Crippen MR) is 156 cm³/mol. The number of aromatic nitrogens is 3. The molecule has 1 aromatic heterocycles. The molecule has 2 saturated heterocycles. The number of amides is 1. The number of nitrogens with one attached hydrogen (secondary N) is 2. The van der Waals surface area contributed by atoms with Gasteiger partial charge in [0, 0.05) is 73.5 Å². The number of nitrogen functional groups attached to an aromatic ring is 1. The third-order valence-corrected chi connectivity index (χ3v) is 6.88. The van der Waals surface area contributed by atoms with Crippen molar-refractivity contribution >= 4 is 40.8 Å². The Bertz CT molecular complexity index is 1290. The molecule has 1 amide bonds. The van der Waals surface area contributed by atoms with Gasteiger partial charge in [0.1, 0.15) is 5.75 Å². The normalized spacial score (nSPS) is 23.1. The van der Waals surface area contributed by atoms with Gasteiger partial charge in [-0.15, -0.1) is 0 Å². The van der Waals surface area contributed by atoms with Crippen molar-refractivity contribution in [2.75, 3.05) is 52.3 Å². The van der Waals surface area contributed by atoms with E-state index in [1.807, 2.05) is 9.80 Å². The Morgan fingerprint density at radius 3 is 1.77 bits per heavy atom. The van der Waals surface area contributed by atoms with Crippen molar-refractivity contribution in [1.29, 1.82) is 0 Å². The van der Waals surface area contributed by atoms with E-state index in [9.17, 15) is 9.90 Å². The number of nitrogens with zero attached hydrogens (tertiary/aromatic N) is 5. The molecule has 212 valence electrons. The molecule has 40 heavy (non-hydrogen) atoms. The van der Waals surface area contributed by atoms with Crippen molar-refractivity contribution in [2.24, 2.45) is 22.9 Å². The van der Waals surface area contributed by atoms with Crippen LogP contribution in [0.1, 0.15) is 23.2 Å². The number of carbonyl (C=O) groups excluding carboxylic acids is 1. The number of carbonyl (C=O) groups is 1. The summed E-state index contributed by atoms with van der Waals surface area (Å²) in [5.41, 5.74) is 32.3. The van der Waals surface area contributed by atoms with Crippen molar-refractivity contribution in [1.82, 2.24) is 15.0 Å². The zero-order valence-corrected chi connectivity index (χ0v) is 22.1. The summed E-state index contributed by atoms with van der Waals surface area (Å²) in [6, 6.07) is 10.9. The van der Waals surface area contributed by atoms with E-state index in [4.69, 9.17) is 33.7 Å². The second kappa shape index (κ2) is 11.5. The first kappa shape index (κ1) is 27.3. The molecule has 0 saturated carbocycles. The summed E-state index contributed by atoms with van der Waals surface area (Å²) in [6.07, 6.45) is 1.43. The van der Waals surface area contributed by atoms with Crippen molar-refractivity contribution < 1.29 is 9.90 Å². The van der Waals surface area contributed by atoms with Gasteiger partial charge in [0.15, 0.2) is 0 Å². The van der Waals surface area contributed by atoms with E-state index in [2.05, 4.69) is 20.6 Å². The molecule has 3 heterocycles. The highest BCUT2D eigenvalue weighted by molar-refractivity contribution is 6.06. The molecule has 4 atom stereocenters. The highest BCUT2D eigenvalue weighted by Gasteiger charge is 2.29. The molecule has 3 aromatic rings. The first-order chi connectivity index (χ1) is 19.1. The van der Waals surface area contributed by atoms with Crippen LogP contribution in [0.25, 0.3) is 0 Å². The van der Waals surface area contributed by atoms with Crippen molar-refractivity contribution in [2.45, 2.75) is 37.0 Å². The number of hydrogen-bond acceptors (Lipinski definition) is 13. The van der Waals surface area contributed by atoms with Gasteiger partial charge in [-0.05, 0) is 49.2 Å². The number of rotatable bonds is 6. The van der Waals surface area contributed by atoms with Gasteiger partial charge in [-0.25, -0.2) is 0 Å². The zero-order valence-electron chi connectivity index (χ0n) is 22.1. The van der Waals surface area contributed by atoms with E-state index in [1.165, 1.54) is 12.1 Å². The smallest absolute Gasteiger partial charge is 0.259 e. The fraction of sp³-hybridized carbons (Fsp3) is 0.385. The molecule has 0 unspecified atom stereocenters. The standard InChI is InChI=1S/C26H36N12O2/c27-14-1-3-19(4-2-14)32-23(40)21-6-5-20(9-22(21)39)33-24-34-25(37-10-15(28)7-16(29)11-37)36-26(35-24)38-12-17(30)8-18(31)13-38/h1-6,9,15-18,39H,7-8,10-13,27-31H2,(H,32,40)(H,33,34,35,36)/t15-,16+,17-,18+. The number of nitrogens with two attached hydrogens (primary N) is 5. The minimum atomic E-state index is -0.464. The minimum absolute atomic E-state index is 0.104. The number of benzene rings is 2. The molecule has 0 radical (unpaired) electrons. The van der Waals surface area contributed by atoms with Crippen LogP contribution in [0.2, 0.25) is 0 Å². The maximum atomic E-state index is 12.7. The summed E-state index contributed by atoms with van der Waals surface area (Å²) in [5.74, 6) is 0.422. The van der Waals surface area contributed by atoms with E-state index in [-0.39, 0.29) is 41.4 Å². The van der Waals surface area contributed by atoms with Gasteiger partial charge in [0.25, 0.3) is 5.91 Å². The number of anilines is 6. The molecule has 2 aliphatic rings. The van der Waals surface area contributed by atoms with Gasteiger partial charge in [-0.3, -0.25) is 4.79 Å². The third-order valence-electron chi connectivity index (χ3n) is 6.88. The topological polar surface area (TPSA) is 237 Å². The highest BCUT2D eigenvalue weighted by Crippen LogP contribution is 2.27. The predicted octanol–water partition coefficient (Wildman–Crippen LogP) is -0.115. The summed E-state index contributed by atoms with van der Waals surface area (Å²) in [6.45, 7) is 2.20. The average molecular weight is 549 g/mol. The lowest BCUT2D eigenvalue weighted by Gasteiger charge is -2.37. The Morgan fingerprint density at radius 1 is 0.775 bits per heavy atom. The Morgan fingerprint density at radius 2 is 1.27 bits per heavy atom. The van der Waals surface area contributed by atoms with Crippen molar-refractivity contribution in [3.05, 3.63) is 48.0 Å². The van der Waals surface area contributed by atoms with Crippen LogP contribution < -0.4 is 49.1 Å². The van der Waals surface area contributed by atoms with E-state index < -0.39 is 5.91 Å². The van der Waals surface area contributed by atoms with Gasteiger partial charge >= 0.3 is 0 Å². The van der Waals surface area contributed by atoms with E-state index in [0.717, 1.165) is 0 Å². The SMILES string of the molecule is Nc1ccc(NC(=O)c2ccc(Nc3nc(N4C[C@H](N)C[C@H](N)C4)nc(N4C[C@H](N)C[C@H](N)C4)n3)cc2O)cc1.